The number of halogens is 1. The van der Waals surface area contributed by atoms with Crippen molar-refractivity contribution in [3.8, 4) is 0 Å². The highest BCUT2D eigenvalue weighted by molar-refractivity contribution is 7.89. The van der Waals surface area contributed by atoms with Crippen molar-refractivity contribution in [1.82, 2.24) is 19.2 Å². The van der Waals surface area contributed by atoms with Crippen LogP contribution in [-0.2, 0) is 21.3 Å². The van der Waals surface area contributed by atoms with Gasteiger partial charge in [0, 0.05) is 50.7 Å². The summed E-state index contributed by atoms with van der Waals surface area (Å²) < 4.78 is 33.9. The summed E-state index contributed by atoms with van der Waals surface area (Å²) in [5, 5.41) is 0.260. The molecular formula is C22H26ClN5O3S2. The van der Waals surface area contributed by atoms with Crippen LogP contribution in [0.1, 0.15) is 10.4 Å². The molecule has 2 aliphatic heterocycles. The molecule has 0 N–H and O–H groups in total. The molecule has 2 aromatic heterocycles. The van der Waals surface area contributed by atoms with E-state index < -0.39 is 10.0 Å². The Morgan fingerprint density at radius 1 is 1.03 bits per heavy atom. The maximum atomic E-state index is 12.9. The first-order valence-electron chi connectivity index (χ1n) is 11.0. The summed E-state index contributed by atoms with van der Waals surface area (Å²) in [6.45, 7) is 8.08. The van der Waals surface area contributed by atoms with E-state index in [0.717, 1.165) is 41.2 Å². The van der Waals surface area contributed by atoms with Gasteiger partial charge in [-0.3, -0.25) is 4.90 Å². The highest BCUT2D eigenvalue weighted by atomic mass is 35.5. The van der Waals surface area contributed by atoms with Crippen LogP contribution < -0.4 is 4.90 Å². The standard InChI is InChI=1S/C22H26ClN5O3S2/c1-16-18(32-20-19(16)24-22(23)25-21(20)27-11-13-31-14-12-27)15-26-7-9-28(10-8-26)33(29,30)17-5-3-2-4-6-17/h2-6H,7-15H2,1H3. The molecule has 0 spiro atoms. The first-order valence-corrected chi connectivity index (χ1v) is 13.6. The fourth-order valence-corrected chi connectivity index (χ4v) is 7.22. The molecule has 8 nitrogen and oxygen atoms in total. The summed E-state index contributed by atoms with van der Waals surface area (Å²) in [5.41, 5.74) is 2.02. The molecule has 5 rings (SSSR count). The smallest absolute Gasteiger partial charge is 0.243 e. The second-order valence-electron chi connectivity index (χ2n) is 8.24. The van der Waals surface area contributed by atoms with Crippen LogP contribution in [0.2, 0.25) is 5.28 Å². The maximum Gasteiger partial charge on any atom is 0.243 e. The molecule has 11 heteroatoms. The van der Waals surface area contributed by atoms with Crippen molar-refractivity contribution in [3.63, 3.8) is 0 Å². The van der Waals surface area contributed by atoms with Crippen LogP contribution in [0.25, 0.3) is 10.2 Å². The molecule has 4 heterocycles. The Morgan fingerprint density at radius 3 is 2.42 bits per heavy atom. The zero-order valence-electron chi connectivity index (χ0n) is 18.4. The van der Waals surface area contributed by atoms with Crippen molar-refractivity contribution in [2.24, 2.45) is 0 Å². The fraction of sp³-hybridized carbons (Fsp3) is 0.455. The molecule has 0 aliphatic carbocycles. The Kier molecular flexibility index (Phi) is 6.56. The predicted molar refractivity (Wildman–Crippen MR) is 131 cm³/mol. The summed E-state index contributed by atoms with van der Waals surface area (Å²) in [6, 6.07) is 8.65. The molecule has 2 saturated heterocycles. The van der Waals surface area contributed by atoms with E-state index in [4.69, 9.17) is 16.3 Å². The lowest BCUT2D eigenvalue weighted by atomic mass is 10.2. The second kappa shape index (κ2) is 9.44. The number of piperazine rings is 1. The van der Waals surface area contributed by atoms with Gasteiger partial charge in [-0.25, -0.2) is 13.4 Å². The number of sulfonamides is 1. The second-order valence-corrected chi connectivity index (χ2v) is 11.6. The van der Waals surface area contributed by atoms with Crippen LogP contribution in [0, 0.1) is 6.92 Å². The van der Waals surface area contributed by atoms with Crippen LogP contribution in [0.4, 0.5) is 5.82 Å². The molecule has 0 amide bonds. The minimum atomic E-state index is -3.45. The molecule has 33 heavy (non-hydrogen) atoms. The molecule has 2 fully saturated rings. The van der Waals surface area contributed by atoms with E-state index in [1.54, 1.807) is 39.9 Å². The van der Waals surface area contributed by atoms with E-state index in [2.05, 4.69) is 26.7 Å². The first kappa shape index (κ1) is 22.9. The van der Waals surface area contributed by atoms with Crippen molar-refractivity contribution >= 4 is 49.0 Å². The average molecular weight is 508 g/mol. The SMILES string of the molecule is Cc1c(CN2CCN(S(=O)(=O)c3ccccc3)CC2)sc2c(N3CCOCC3)nc(Cl)nc12. The van der Waals surface area contributed by atoms with Crippen LogP contribution in [-0.4, -0.2) is 80.1 Å². The van der Waals surface area contributed by atoms with Gasteiger partial charge in [0.1, 0.15) is 0 Å². The summed E-state index contributed by atoms with van der Waals surface area (Å²) in [5.74, 6) is 0.881. The Balaban J connectivity index is 1.33. The number of hydrogen-bond donors (Lipinski definition) is 0. The summed E-state index contributed by atoms with van der Waals surface area (Å²) in [4.78, 5) is 15.2. The fourth-order valence-electron chi connectivity index (χ4n) is 4.30. The van der Waals surface area contributed by atoms with Gasteiger partial charge in [0.2, 0.25) is 15.3 Å². The van der Waals surface area contributed by atoms with E-state index in [1.165, 1.54) is 4.88 Å². The van der Waals surface area contributed by atoms with Crippen LogP contribution in [0.3, 0.4) is 0 Å². The molecule has 0 saturated carbocycles. The molecule has 0 bridgehead atoms. The molecule has 0 unspecified atom stereocenters. The molecule has 3 aromatic rings. The van der Waals surface area contributed by atoms with E-state index >= 15 is 0 Å². The van der Waals surface area contributed by atoms with E-state index in [1.807, 2.05) is 6.07 Å². The third-order valence-corrected chi connectivity index (χ3v) is 9.55. The quantitative estimate of drug-likeness (QED) is 0.491. The van der Waals surface area contributed by atoms with Gasteiger partial charge in [0.25, 0.3) is 0 Å². The van der Waals surface area contributed by atoms with Crippen LogP contribution in [0.15, 0.2) is 35.2 Å². The molecule has 0 radical (unpaired) electrons. The molecule has 1 aromatic carbocycles. The normalized spacial score (nSPS) is 18.8. The Hall–Kier alpha value is -1.82. The van der Waals surface area contributed by atoms with Crippen LogP contribution >= 0.6 is 22.9 Å². The minimum absolute atomic E-state index is 0.260. The highest BCUT2D eigenvalue weighted by Gasteiger charge is 2.29. The number of ether oxygens (including phenoxy) is 1. The Labute approximate surface area is 202 Å². The Morgan fingerprint density at radius 2 is 1.73 bits per heavy atom. The van der Waals surface area contributed by atoms with Gasteiger partial charge in [-0.05, 0) is 36.2 Å². The van der Waals surface area contributed by atoms with E-state index in [-0.39, 0.29) is 5.28 Å². The maximum absolute atomic E-state index is 12.9. The lowest BCUT2D eigenvalue weighted by molar-refractivity contribution is 0.122. The number of morpholine rings is 1. The average Bonchev–Trinajstić information content (AvgIpc) is 3.15. The lowest BCUT2D eigenvalue weighted by Gasteiger charge is -2.33. The van der Waals surface area contributed by atoms with Gasteiger partial charge < -0.3 is 9.64 Å². The van der Waals surface area contributed by atoms with Gasteiger partial charge in [-0.15, -0.1) is 11.3 Å². The van der Waals surface area contributed by atoms with Crippen molar-refractivity contribution in [2.75, 3.05) is 57.4 Å². The number of fused-ring (bicyclic) bond motifs is 1. The van der Waals surface area contributed by atoms with Gasteiger partial charge in [0.15, 0.2) is 5.82 Å². The van der Waals surface area contributed by atoms with Gasteiger partial charge in [0.05, 0.1) is 28.3 Å². The van der Waals surface area contributed by atoms with E-state index in [0.29, 0.717) is 44.3 Å². The molecule has 2 aliphatic rings. The van der Waals surface area contributed by atoms with Crippen molar-refractivity contribution < 1.29 is 13.2 Å². The number of rotatable bonds is 5. The summed E-state index contributed by atoms with van der Waals surface area (Å²) >= 11 is 7.99. The number of nitrogens with zero attached hydrogens (tertiary/aromatic N) is 5. The third-order valence-electron chi connectivity index (χ3n) is 6.21. The van der Waals surface area contributed by atoms with E-state index in [9.17, 15) is 8.42 Å². The number of benzene rings is 1. The number of hydrogen-bond acceptors (Lipinski definition) is 8. The van der Waals surface area contributed by atoms with Crippen molar-refractivity contribution in [2.45, 2.75) is 18.4 Å². The van der Waals surface area contributed by atoms with Gasteiger partial charge in [-0.2, -0.15) is 9.29 Å². The zero-order valence-corrected chi connectivity index (χ0v) is 20.8. The summed E-state index contributed by atoms with van der Waals surface area (Å²) in [6.07, 6.45) is 0. The largest absolute Gasteiger partial charge is 0.378 e. The molecule has 0 atom stereocenters. The third kappa shape index (κ3) is 4.60. The minimum Gasteiger partial charge on any atom is -0.378 e. The zero-order chi connectivity index (χ0) is 23.0. The van der Waals surface area contributed by atoms with Crippen molar-refractivity contribution in [1.29, 1.82) is 0 Å². The lowest BCUT2D eigenvalue weighted by Crippen LogP contribution is -2.48. The van der Waals surface area contributed by atoms with Gasteiger partial charge >= 0.3 is 0 Å². The summed E-state index contributed by atoms with van der Waals surface area (Å²) in [7, 11) is -3.45. The first-order chi connectivity index (χ1) is 15.9. The molecule has 176 valence electrons. The number of aromatic nitrogens is 2. The monoisotopic (exact) mass is 507 g/mol. The number of thiophene rings is 1. The Bertz CT molecular complexity index is 1240. The van der Waals surface area contributed by atoms with Crippen LogP contribution in [0.5, 0.6) is 0 Å². The number of aryl methyl sites for hydroxylation is 1. The predicted octanol–water partition coefficient (Wildman–Crippen LogP) is 3.00. The van der Waals surface area contributed by atoms with Crippen molar-refractivity contribution in [3.05, 3.63) is 46.1 Å². The van der Waals surface area contributed by atoms with Gasteiger partial charge in [-0.1, -0.05) is 18.2 Å². The molecular weight excluding hydrogens is 482 g/mol. The highest BCUT2D eigenvalue weighted by Crippen LogP contribution is 2.37. The topological polar surface area (TPSA) is 78.9 Å². The number of anilines is 1.